The molecule has 1 saturated heterocycles. The smallest absolute Gasteiger partial charge is 0.459 e. The largest absolute Gasteiger partial charge is 0.479 e. The van der Waals surface area contributed by atoms with Gasteiger partial charge in [-0.3, -0.25) is 13.9 Å². The van der Waals surface area contributed by atoms with Crippen molar-refractivity contribution in [3.05, 3.63) is 54.6 Å². The van der Waals surface area contributed by atoms with Crippen molar-refractivity contribution in [2.45, 2.75) is 71.7 Å². The molecule has 1 aliphatic rings. The van der Waals surface area contributed by atoms with Crippen molar-refractivity contribution >= 4 is 35.7 Å². The molecule has 1 aliphatic heterocycles. The summed E-state index contributed by atoms with van der Waals surface area (Å²) >= 11 is 0. The molecule has 2 aromatic heterocycles. The first-order chi connectivity index (χ1) is 21.6. The molecule has 6 atom stereocenters. The number of halogens is 1. The van der Waals surface area contributed by atoms with Crippen LogP contribution < -0.4 is 14.3 Å². The molecule has 248 valence electrons. The predicted octanol–water partition coefficient (Wildman–Crippen LogP) is 5.05. The number of ether oxygens (including phenoxy) is 3. The summed E-state index contributed by atoms with van der Waals surface area (Å²) in [6.07, 6.45) is -3.36. The fraction of sp³-hybridized carbons (Fsp3) is 0.484. The van der Waals surface area contributed by atoms with Crippen molar-refractivity contribution < 1.29 is 42.1 Å². The fourth-order valence-electron chi connectivity index (χ4n) is 5.03. The Labute approximate surface area is 266 Å². The Balaban J connectivity index is 1.40. The van der Waals surface area contributed by atoms with Crippen LogP contribution in [-0.2, 0) is 23.4 Å². The number of benzene rings is 2. The number of nitrogens with zero attached hydrogens (tertiary/aromatic N) is 4. The fourth-order valence-corrected chi connectivity index (χ4v) is 6.55. The van der Waals surface area contributed by atoms with Gasteiger partial charge in [-0.2, -0.15) is 10.1 Å². The van der Waals surface area contributed by atoms with E-state index in [0.29, 0.717) is 16.7 Å². The van der Waals surface area contributed by atoms with Crippen molar-refractivity contribution in [2.75, 3.05) is 20.3 Å². The Morgan fingerprint density at radius 1 is 1.22 bits per heavy atom. The van der Waals surface area contributed by atoms with E-state index in [1.54, 1.807) is 31.2 Å². The van der Waals surface area contributed by atoms with Gasteiger partial charge in [0.05, 0.1) is 26.7 Å². The zero-order valence-electron chi connectivity index (χ0n) is 26.8. The third kappa shape index (κ3) is 7.01. The first-order valence-electron chi connectivity index (χ1n) is 14.8. The number of rotatable bonds is 11. The number of methoxy groups -OCH3 is 1. The summed E-state index contributed by atoms with van der Waals surface area (Å²) in [6, 6.07) is 11.3. The normalized spacial score (nSPS) is 23.7. The van der Waals surface area contributed by atoms with Crippen LogP contribution in [-0.4, -0.2) is 74.8 Å². The maximum absolute atomic E-state index is 15.9. The molecule has 13 nitrogen and oxygen atoms in total. The van der Waals surface area contributed by atoms with E-state index in [4.69, 9.17) is 23.3 Å². The van der Waals surface area contributed by atoms with Gasteiger partial charge in [-0.25, -0.2) is 18.9 Å². The lowest BCUT2D eigenvalue weighted by Gasteiger charge is -2.26. The number of carbonyl (C=O) groups excluding carboxylic acids is 1. The van der Waals surface area contributed by atoms with Gasteiger partial charge in [0, 0.05) is 5.39 Å². The number of carbonyl (C=O) groups is 1. The second-order valence-electron chi connectivity index (χ2n) is 12.6. The minimum atomic E-state index is -4.41. The average molecular weight is 660 g/mol. The van der Waals surface area contributed by atoms with Gasteiger partial charge in [0.25, 0.3) is 0 Å². The first kappa shape index (κ1) is 33.7. The number of aromatic nitrogens is 4. The third-order valence-electron chi connectivity index (χ3n) is 7.37. The van der Waals surface area contributed by atoms with Gasteiger partial charge < -0.3 is 23.8 Å². The van der Waals surface area contributed by atoms with Crippen LogP contribution in [0.3, 0.4) is 0 Å². The van der Waals surface area contributed by atoms with Gasteiger partial charge >= 0.3 is 13.7 Å². The van der Waals surface area contributed by atoms with E-state index in [2.05, 4.69) is 20.0 Å². The summed E-state index contributed by atoms with van der Waals surface area (Å²) in [5.41, 5.74) is -1.81. The van der Waals surface area contributed by atoms with E-state index in [9.17, 15) is 14.5 Å². The van der Waals surface area contributed by atoms with Crippen LogP contribution in [0, 0.1) is 12.3 Å². The molecule has 46 heavy (non-hydrogen) atoms. The molecule has 0 saturated carbocycles. The summed E-state index contributed by atoms with van der Waals surface area (Å²) in [5.74, 6) is 0.118. The molecule has 0 bridgehead atoms. The number of fused-ring (bicyclic) bond motifs is 2. The number of alkyl halides is 1. The van der Waals surface area contributed by atoms with Crippen LogP contribution >= 0.6 is 7.75 Å². The molecule has 1 fully saturated rings. The lowest BCUT2D eigenvalue weighted by atomic mass is 9.98. The first-order valence-corrected chi connectivity index (χ1v) is 16.3. The SMILES string of the molecule is COc1nc(C)nc2c1ncn2[C@@H]1O[C@H](COP(=O)(N[C@@H](C)C(=O)OCC(C)(C)C)Oc2cccc3ccccc23)[C@@H](F)[C@@]1(C)O. The molecule has 5 rings (SSSR count). The van der Waals surface area contributed by atoms with Gasteiger partial charge in [0.15, 0.2) is 23.6 Å². The van der Waals surface area contributed by atoms with E-state index < -0.39 is 50.5 Å². The lowest BCUT2D eigenvalue weighted by molar-refractivity contribution is -0.148. The highest BCUT2D eigenvalue weighted by atomic mass is 31.2. The maximum Gasteiger partial charge on any atom is 0.459 e. The Hall–Kier alpha value is -3.68. The van der Waals surface area contributed by atoms with Gasteiger partial charge in [-0.15, -0.1) is 0 Å². The Kier molecular flexibility index (Phi) is 9.40. The van der Waals surface area contributed by atoms with E-state index in [0.717, 1.165) is 5.39 Å². The molecular formula is C31H39FN5O8P. The summed E-state index contributed by atoms with van der Waals surface area (Å²) in [4.78, 5) is 25.7. The minimum Gasteiger partial charge on any atom is -0.479 e. The van der Waals surface area contributed by atoms with Gasteiger partial charge in [0.1, 0.15) is 29.3 Å². The van der Waals surface area contributed by atoms with Gasteiger partial charge in [-0.05, 0) is 37.6 Å². The van der Waals surface area contributed by atoms with Crippen LogP contribution in [0.5, 0.6) is 11.6 Å². The van der Waals surface area contributed by atoms with E-state index >= 15 is 4.39 Å². The van der Waals surface area contributed by atoms with Crippen molar-refractivity contribution in [3.8, 4) is 11.6 Å². The second-order valence-corrected chi connectivity index (χ2v) is 14.3. The molecule has 4 aromatic rings. The van der Waals surface area contributed by atoms with Gasteiger partial charge in [0.2, 0.25) is 5.88 Å². The van der Waals surface area contributed by atoms with Crippen LogP contribution in [0.25, 0.3) is 21.9 Å². The van der Waals surface area contributed by atoms with E-state index in [-0.39, 0.29) is 29.3 Å². The Morgan fingerprint density at radius 2 is 1.93 bits per heavy atom. The molecule has 15 heteroatoms. The molecule has 1 unspecified atom stereocenters. The zero-order valence-corrected chi connectivity index (χ0v) is 27.7. The summed E-state index contributed by atoms with van der Waals surface area (Å²) in [6.45, 7) is 9.62. The van der Waals surface area contributed by atoms with Crippen molar-refractivity contribution in [3.63, 3.8) is 0 Å². The van der Waals surface area contributed by atoms with Crippen LogP contribution in [0.1, 0.15) is 46.7 Å². The van der Waals surface area contributed by atoms with Crippen LogP contribution in [0.2, 0.25) is 0 Å². The number of imidazole rings is 1. The average Bonchev–Trinajstić information content (AvgIpc) is 3.51. The monoisotopic (exact) mass is 659 g/mol. The quantitative estimate of drug-likeness (QED) is 0.163. The number of hydrogen-bond acceptors (Lipinski definition) is 11. The number of hydrogen-bond donors (Lipinski definition) is 2. The molecule has 0 amide bonds. The highest BCUT2D eigenvalue weighted by Crippen LogP contribution is 2.49. The summed E-state index contributed by atoms with van der Waals surface area (Å²) < 4.78 is 60.0. The number of esters is 1. The van der Waals surface area contributed by atoms with E-state index in [1.807, 2.05) is 39.0 Å². The molecule has 2 N–H and O–H groups in total. The topological polar surface area (TPSA) is 156 Å². The standard InChI is InChI=1S/C31H39FN5O8P/c1-18(28(38)42-16-30(3,4)5)36-46(40,45-22-14-10-12-20-11-8-9-13-21(20)22)43-15-23-25(32)31(6,39)29(44-23)37-17-33-24-26(37)34-19(2)35-27(24)41-7/h8-14,17-18,23,25,29,39H,15-16H2,1-7H3,(H,36,40)/t18-,23+,25+,29+,31+,46?/m0/s1. The molecule has 0 aliphatic carbocycles. The Morgan fingerprint density at radius 3 is 2.65 bits per heavy atom. The van der Waals surface area contributed by atoms with Crippen molar-refractivity contribution in [1.82, 2.24) is 24.6 Å². The molecule has 0 radical (unpaired) electrons. The van der Waals surface area contributed by atoms with Crippen molar-refractivity contribution in [1.29, 1.82) is 0 Å². The Bertz CT molecular complexity index is 1770. The highest BCUT2D eigenvalue weighted by Gasteiger charge is 2.55. The maximum atomic E-state index is 15.9. The number of nitrogens with one attached hydrogen (secondary N) is 1. The molecule has 0 spiro atoms. The molecule has 3 heterocycles. The lowest BCUT2D eigenvalue weighted by Crippen LogP contribution is -2.42. The number of aliphatic hydroxyl groups is 1. The van der Waals surface area contributed by atoms with Crippen LogP contribution in [0.15, 0.2) is 48.8 Å². The third-order valence-corrected chi connectivity index (χ3v) is 8.99. The predicted molar refractivity (Wildman–Crippen MR) is 167 cm³/mol. The zero-order chi connectivity index (χ0) is 33.4. The van der Waals surface area contributed by atoms with Gasteiger partial charge in [-0.1, -0.05) is 57.2 Å². The number of aryl methyl sites for hydroxylation is 1. The van der Waals surface area contributed by atoms with E-state index in [1.165, 1.54) is 31.9 Å². The highest BCUT2D eigenvalue weighted by molar-refractivity contribution is 7.52. The molecular weight excluding hydrogens is 620 g/mol. The molecule has 2 aromatic carbocycles. The second kappa shape index (κ2) is 12.8. The van der Waals surface area contributed by atoms with Crippen molar-refractivity contribution in [2.24, 2.45) is 5.41 Å². The minimum absolute atomic E-state index is 0.127. The summed E-state index contributed by atoms with van der Waals surface area (Å²) in [5, 5.41) is 15.4. The summed E-state index contributed by atoms with van der Waals surface area (Å²) in [7, 11) is -2.98. The van der Waals surface area contributed by atoms with Crippen LogP contribution in [0.4, 0.5) is 4.39 Å².